The molecule has 4 nitrogen and oxygen atoms in total. The molecule has 0 radical (unpaired) electrons. The van der Waals surface area contributed by atoms with E-state index in [1.165, 1.54) is 10.8 Å². The van der Waals surface area contributed by atoms with Gasteiger partial charge in [0.15, 0.2) is 5.82 Å². The lowest BCUT2D eigenvalue weighted by Crippen LogP contribution is -2.10. The number of benzene rings is 7. The van der Waals surface area contributed by atoms with E-state index in [1.807, 2.05) is 36.5 Å². The first-order valence-electron chi connectivity index (χ1n) is 18.2. The molecule has 2 aromatic heterocycles. The molecule has 0 amide bonds. The minimum atomic E-state index is -0.240. The van der Waals surface area contributed by atoms with E-state index in [0.29, 0.717) is 5.82 Å². The molecule has 0 fully saturated rings. The summed E-state index contributed by atoms with van der Waals surface area (Å²) in [5.41, 5.74) is 12.7. The number of hydrogen-bond donors (Lipinski definition) is 0. The van der Waals surface area contributed by atoms with Crippen LogP contribution in [0.15, 0.2) is 188 Å². The zero-order chi connectivity index (χ0) is 35.8. The van der Waals surface area contributed by atoms with Crippen LogP contribution in [0.4, 0.5) is 0 Å². The van der Waals surface area contributed by atoms with Crippen molar-refractivity contribution in [1.82, 2.24) is 15.0 Å². The van der Waals surface area contributed by atoms with Crippen molar-refractivity contribution in [2.24, 2.45) is 0 Å². The molecule has 54 heavy (non-hydrogen) atoms. The third-order valence-corrected chi connectivity index (χ3v) is 10.3. The number of pyridine rings is 1. The van der Waals surface area contributed by atoms with Crippen molar-refractivity contribution in [3.05, 3.63) is 199 Å². The molecule has 0 aliphatic carbocycles. The summed E-state index contributed by atoms with van der Waals surface area (Å²) < 4.78 is 6.84. The smallest absolute Gasteiger partial charge is 0.160 e. The predicted molar refractivity (Wildman–Crippen MR) is 221 cm³/mol. The first-order valence-corrected chi connectivity index (χ1v) is 18.2. The molecule has 10 rings (SSSR count). The molecule has 1 aliphatic rings. The van der Waals surface area contributed by atoms with Crippen LogP contribution in [0.2, 0.25) is 0 Å². The van der Waals surface area contributed by atoms with Crippen molar-refractivity contribution in [3.8, 4) is 61.8 Å². The predicted octanol–water partition coefficient (Wildman–Crippen LogP) is 12.7. The van der Waals surface area contributed by atoms with Crippen LogP contribution in [0.1, 0.15) is 17.2 Å². The van der Waals surface area contributed by atoms with E-state index in [-0.39, 0.29) is 6.10 Å². The molecule has 1 atom stereocenters. The normalized spacial score (nSPS) is 13.4. The van der Waals surface area contributed by atoms with Gasteiger partial charge in [-0.1, -0.05) is 152 Å². The quantitative estimate of drug-likeness (QED) is 0.174. The van der Waals surface area contributed by atoms with Crippen molar-refractivity contribution in [2.45, 2.75) is 6.10 Å². The maximum Gasteiger partial charge on any atom is 0.160 e. The van der Waals surface area contributed by atoms with Crippen LogP contribution in [-0.2, 0) is 0 Å². The highest BCUT2D eigenvalue weighted by Gasteiger charge is 2.22. The van der Waals surface area contributed by atoms with Gasteiger partial charge >= 0.3 is 0 Å². The largest absolute Gasteiger partial charge is 0.481 e. The van der Waals surface area contributed by atoms with Crippen molar-refractivity contribution in [3.63, 3.8) is 0 Å². The first kappa shape index (κ1) is 31.6. The second kappa shape index (κ2) is 13.4. The Balaban J connectivity index is 1.09. The second-order valence-electron chi connectivity index (χ2n) is 13.5. The molecule has 7 aromatic carbocycles. The lowest BCUT2D eigenvalue weighted by atomic mass is 9.88. The van der Waals surface area contributed by atoms with Gasteiger partial charge in [-0.25, -0.2) is 9.97 Å². The van der Waals surface area contributed by atoms with E-state index in [1.54, 1.807) is 6.20 Å². The van der Waals surface area contributed by atoms with Crippen LogP contribution in [-0.4, -0.2) is 15.0 Å². The molecule has 3 heterocycles. The van der Waals surface area contributed by atoms with Crippen LogP contribution in [0.5, 0.6) is 5.75 Å². The molecule has 0 bridgehead atoms. The van der Waals surface area contributed by atoms with E-state index >= 15 is 0 Å². The number of hydrogen-bond acceptors (Lipinski definition) is 4. The Kier molecular flexibility index (Phi) is 7.85. The van der Waals surface area contributed by atoms with Gasteiger partial charge in [-0.15, -0.1) is 0 Å². The molecule has 1 aliphatic heterocycles. The van der Waals surface area contributed by atoms with Gasteiger partial charge in [-0.2, -0.15) is 0 Å². The van der Waals surface area contributed by atoms with Gasteiger partial charge in [0.2, 0.25) is 0 Å². The summed E-state index contributed by atoms with van der Waals surface area (Å²) >= 11 is 0. The van der Waals surface area contributed by atoms with Crippen LogP contribution in [0.25, 0.3) is 83.8 Å². The highest BCUT2D eigenvalue weighted by Crippen LogP contribution is 2.44. The molecule has 0 saturated heterocycles. The Morgan fingerprint density at radius 3 is 2.19 bits per heavy atom. The molecule has 4 heteroatoms. The molecule has 0 saturated carbocycles. The fourth-order valence-electron chi connectivity index (χ4n) is 7.66. The topological polar surface area (TPSA) is 47.9 Å². The average Bonchev–Trinajstić information content (AvgIpc) is 3.26. The molecule has 0 spiro atoms. The summed E-state index contributed by atoms with van der Waals surface area (Å²) in [7, 11) is 0. The second-order valence-corrected chi connectivity index (χ2v) is 13.5. The van der Waals surface area contributed by atoms with Gasteiger partial charge in [-0.05, 0) is 68.9 Å². The standard InChI is InChI=1S/C50H33N3O/c1-2-13-35(14-3-1)50-52-45-22-9-8-21-44(45)49(53-50)38-16-10-15-36(30-38)42-27-25-33-12-4-5-19-41(33)48(42)37-24-23-34-26-28-46(54-47(34)31-37)43-20-7-6-18-40(43)39-17-11-29-51-32-39/h1-32,46H. The minimum absolute atomic E-state index is 0.240. The zero-order valence-corrected chi connectivity index (χ0v) is 29.3. The van der Waals surface area contributed by atoms with Gasteiger partial charge in [0.05, 0.1) is 11.2 Å². The number of para-hydroxylation sites is 1. The summed E-state index contributed by atoms with van der Waals surface area (Å²) in [6.45, 7) is 0. The summed E-state index contributed by atoms with van der Waals surface area (Å²) in [6.07, 6.45) is 7.79. The summed E-state index contributed by atoms with van der Waals surface area (Å²) in [5, 5.41) is 3.39. The summed E-state index contributed by atoms with van der Waals surface area (Å²) in [6, 6.07) is 59.4. The molecule has 0 N–H and O–H groups in total. The molecular weight excluding hydrogens is 659 g/mol. The average molecular weight is 692 g/mol. The number of aromatic nitrogens is 3. The van der Waals surface area contributed by atoms with Crippen molar-refractivity contribution in [1.29, 1.82) is 0 Å². The van der Waals surface area contributed by atoms with Gasteiger partial charge in [0, 0.05) is 45.6 Å². The van der Waals surface area contributed by atoms with Crippen molar-refractivity contribution < 1.29 is 4.74 Å². The van der Waals surface area contributed by atoms with Crippen LogP contribution >= 0.6 is 0 Å². The van der Waals surface area contributed by atoms with Crippen molar-refractivity contribution in [2.75, 3.05) is 0 Å². The van der Waals surface area contributed by atoms with Crippen LogP contribution < -0.4 is 4.74 Å². The Labute approximate surface area is 313 Å². The Hall–Kier alpha value is -7.17. The lowest BCUT2D eigenvalue weighted by Gasteiger charge is -2.25. The zero-order valence-electron chi connectivity index (χ0n) is 29.3. The number of nitrogens with zero attached hydrogens (tertiary/aromatic N) is 3. The summed E-state index contributed by atoms with van der Waals surface area (Å²) in [4.78, 5) is 14.5. The Morgan fingerprint density at radius 1 is 0.500 bits per heavy atom. The SMILES string of the molecule is C1=CC(c2ccccc2-c2cccnc2)Oc2cc(-c3c(-c4cccc(-c5nc(-c6ccccc6)nc6ccccc56)c4)ccc4ccccc34)ccc21. The Bertz CT molecular complexity index is 2860. The lowest BCUT2D eigenvalue weighted by molar-refractivity contribution is 0.252. The highest BCUT2D eigenvalue weighted by atomic mass is 16.5. The van der Waals surface area contributed by atoms with E-state index < -0.39 is 0 Å². The fraction of sp³-hybridized carbons (Fsp3) is 0.0200. The highest BCUT2D eigenvalue weighted by molar-refractivity contribution is 6.05. The minimum Gasteiger partial charge on any atom is -0.481 e. The van der Waals surface area contributed by atoms with Crippen LogP contribution in [0, 0.1) is 0 Å². The fourth-order valence-corrected chi connectivity index (χ4v) is 7.66. The first-order chi connectivity index (χ1) is 26.8. The van der Waals surface area contributed by atoms with E-state index in [9.17, 15) is 0 Å². The van der Waals surface area contributed by atoms with E-state index in [2.05, 4.69) is 157 Å². The van der Waals surface area contributed by atoms with E-state index in [0.717, 1.165) is 78.0 Å². The molecular formula is C50H33N3O. The van der Waals surface area contributed by atoms with Gasteiger partial charge < -0.3 is 4.74 Å². The van der Waals surface area contributed by atoms with Gasteiger partial charge in [0.25, 0.3) is 0 Å². The van der Waals surface area contributed by atoms with Crippen molar-refractivity contribution >= 4 is 27.8 Å². The number of ether oxygens (including phenoxy) is 1. The van der Waals surface area contributed by atoms with E-state index in [4.69, 9.17) is 14.7 Å². The monoisotopic (exact) mass is 691 g/mol. The third-order valence-electron chi connectivity index (χ3n) is 10.3. The summed E-state index contributed by atoms with van der Waals surface area (Å²) in [5.74, 6) is 1.57. The molecule has 1 unspecified atom stereocenters. The van der Waals surface area contributed by atoms with Gasteiger partial charge in [0.1, 0.15) is 11.9 Å². The molecule has 9 aromatic rings. The molecule has 254 valence electrons. The van der Waals surface area contributed by atoms with Gasteiger partial charge in [-0.3, -0.25) is 4.98 Å². The van der Waals surface area contributed by atoms with Crippen LogP contribution in [0.3, 0.4) is 0 Å². The maximum absolute atomic E-state index is 6.84. The maximum atomic E-state index is 6.84. The number of rotatable bonds is 6. The number of fused-ring (bicyclic) bond motifs is 3. The Morgan fingerprint density at radius 2 is 1.28 bits per heavy atom. The third kappa shape index (κ3) is 5.71.